The van der Waals surface area contributed by atoms with E-state index in [1.54, 1.807) is 14.2 Å². The summed E-state index contributed by atoms with van der Waals surface area (Å²) in [6.07, 6.45) is 5.49. The molecule has 0 N–H and O–H groups in total. The van der Waals surface area contributed by atoms with Crippen LogP contribution in [0.15, 0.2) is 30.3 Å². The summed E-state index contributed by atoms with van der Waals surface area (Å²) < 4.78 is 11.1. The molecule has 19 heavy (non-hydrogen) atoms. The molecule has 3 nitrogen and oxygen atoms in total. The number of ether oxygens (including phenoxy) is 2. The molecule has 0 saturated heterocycles. The molecular weight excluding hydrogens is 240 g/mol. The third-order valence-electron chi connectivity index (χ3n) is 4.10. The van der Waals surface area contributed by atoms with Gasteiger partial charge in [0, 0.05) is 25.7 Å². The lowest BCUT2D eigenvalue weighted by Gasteiger charge is -2.38. The maximum Gasteiger partial charge on any atom is 0.236 e. The van der Waals surface area contributed by atoms with E-state index in [2.05, 4.69) is 0 Å². The normalized spacial score (nSPS) is 17.4. The van der Waals surface area contributed by atoms with Gasteiger partial charge in [0.2, 0.25) is 11.6 Å². The maximum absolute atomic E-state index is 12.8. The molecule has 0 aromatic heterocycles. The van der Waals surface area contributed by atoms with Crippen LogP contribution in [0.25, 0.3) is 0 Å². The second kappa shape index (κ2) is 6.31. The first-order valence-electron chi connectivity index (χ1n) is 6.94. The highest BCUT2D eigenvalue weighted by molar-refractivity contribution is 6.01. The first-order valence-corrected chi connectivity index (χ1v) is 6.94. The predicted octanol–water partition coefficient (Wildman–Crippen LogP) is 3.44. The Hall–Kier alpha value is -1.19. The van der Waals surface area contributed by atoms with Gasteiger partial charge in [0.05, 0.1) is 0 Å². The van der Waals surface area contributed by atoms with Gasteiger partial charge in [-0.15, -0.1) is 0 Å². The van der Waals surface area contributed by atoms with E-state index in [4.69, 9.17) is 9.47 Å². The number of ketones is 1. The Morgan fingerprint density at radius 3 is 2.16 bits per heavy atom. The predicted molar refractivity (Wildman–Crippen MR) is 74.1 cm³/mol. The standard InChI is InChI=1S/C16H22O3/c1-18-16(19-2,14-11-7-4-8-12-14)15(17)13-9-5-3-6-10-13/h3,5-6,9-10,14H,4,7-8,11-12H2,1-2H3. The van der Waals surface area contributed by atoms with Gasteiger partial charge in [-0.3, -0.25) is 4.79 Å². The molecule has 0 amide bonds. The van der Waals surface area contributed by atoms with E-state index in [1.165, 1.54) is 6.42 Å². The Morgan fingerprint density at radius 2 is 1.63 bits per heavy atom. The fourth-order valence-electron chi connectivity index (χ4n) is 3.06. The van der Waals surface area contributed by atoms with Crippen LogP contribution < -0.4 is 0 Å². The number of rotatable bonds is 5. The van der Waals surface area contributed by atoms with E-state index in [-0.39, 0.29) is 11.7 Å². The van der Waals surface area contributed by atoms with Gasteiger partial charge in [-0.1, -0.05) is 49.6 Å². The molecular formula is C16H22O3. The summed E-state index contributed by atoms with van der Waals surface area (Å²) >= 11 is 0. The molecule has 0 atom stereocenters. The summed E-state index contributed by atoms with van der Waals surface area (Å²) in [5.41, 5.74) is 0.650. The van der Waals surface area contributed by atoms with E-state index in [9.17, 15) is 4.79 Å². The van der Waals surface area contributed by atoms with E-state index < -0.39 is 5.79 Å². The van der Waals surface area contributed by atoms with Gasteiger partial charge in [0.15, 0.2) is 0 Å². The number of methoxy groups -OCH3 is 2. The van der Waals surface area contributed by atoms with Gasteiger partial charge in [0.1, 0.15) is 0 Å². The van der Waals surface area contributed by atoms with Gasteiger partial charge < -0.3 is 9.47 Å². The average Bonchev–Trinajstić information content (AvgIpc) is 2.51. The number of hydrogen-bond acceptors (Lipinski definition) is 3. The van der Waals surface area contributed by atoms with Crippen LogP contribution in [0.4, 0.5) is 0 Å². The van der Waals surface area contributed by atoms with Crippen LogP contribution >= 0.6 is 0 Å². The van der Waals surface area contributed by atoms with E-state index in [0.29, 0.717) is 5.56 Å². The van der Waals surface area contributed by atoms with Crippen LogP contribution in [-0.4, -0.2) is 25.8 Å². The molecule has 1 aromatic carbocycles. The number of carbonyl (C=O) groups is 1. The third-order valence-corrected chi connectivity index (χ3v) is 4.10. The molecule has 2 rings (SSSR count). The Bertz CT molecular complexity index is 403. The van der Waals surface area contributed by atoms with Crippen molar-refractivity contribution in [3.8, 4) is 0 Å². The second-order valence-electron chi connectivity index (χ2n) is 5.11. The molecule has 1 aliphatic rings. The van der Waals surface area contributed by atoms with Crippen LogP contribution in [0, 0.1) is 5.92 Å². The minimum atomic E-state index is -1.12. The quantitative estimate of drug-likeness (QED) is 0.602. The van der Waals surface area contributed by atoms with Crippen molar-refractivity contribution in [2.75, 3.05) is 14.2 Å². The molecule has 3 heteroatoms. The van der Waals surface area contributed by atoms with Crippen molar-refractivity contribution in [2.24, 2.45) is 5.92 Å². The minimum absolute atomic E-state index is 0.0648. The average molecular weight is 262 g/mol. The van der Waals surface area contributed by atoms with Crippen LogP contribution in [-0.2, 0) is 9.47 Å². The minimum Gasteiger partial charge on any atom is -0.346 e. The van der Waals surface area contributed by atoms with Crippen LogP contribution in [0.3, 0.4) is 0 Å². The molecule has 1 aromatic rings. The summed E-state index contributed by atoms with van der Waals surface area (Å²) in [5, 5.41) is 0. The summed E-state index contributed by atoms with van der Waals surface area (Å²) in [5.74, 6) is -1.05. The van der Waals surface area contributed by atoms with Gasteiger partial charge in [0.25, 0.3) is 0 Å². The molecule has 0 bridgehead atoms. The Labute approximate surface area is 114 Å². The molecule has 1 aliphatic carbocycles. The van der Waals surface area contributed by atoms with Crippen molar-refractivity contribution in [3.63, 3.8) is 0 Å². The zero-order valence-corrected chi connectivity index (χ0v) is 11.7. The number of Topliss-reactive ketones (excluding diaryl/α,β-unsaturated/α-hetero) is 1. The second-order valence-corrected chi connectivity index (χ2v) is 5.11. The lowest BCUT2D eigenvalue weighted by molar-refractivity contribution is -0.207. The highest BCUT2D eigenvalue weighted by Crippen LogP contribution is 2.37. The lowest BCUT2D eigenvalue weighted by atomic mass is 9.80. The van der Waals surface area contributed by atoms with E-state index in [1.807, 2.05) is 30.3 Å². The Kier molecular flexibility index (Phi) is 4.72. The van der Waals surface area contributed by atoms with Crippen molar-refractivity contribution in [2.45, 2.75) is 37.9 Å². The number of hydrogen-bond donors (Lipinski definition) is 0. The van der Waals surface area contributed by atoms with Gasteiger partial charge in [-0.25, -0.2) is 0 Å². The zero-order valence-electron chi connectivity index (χ0n) is 11.7. The van der Waals surface area contributed by atoms with E-state index >= 15 is 0 Å². The van der Waals surface area contributed by atoms with Crippen molar-refractivity contribution in [1.29, 1.82) is 0 Å². The monoisotopic (exact) mass is 262 g/mol. The zero-order chi connectivity index (χ0) is 13.7. The largest absolute Gasteiger partial charge is 0.346 e. The summed E-state index contributed by atoms with van der Waals surface area (Å²) in [6.45, 7) is 0. The molecule has 0 spiro atoms. The SMILES string of the molecule is COC(OC)(C(=O)c1ccccc1)C1CCCCC1. The number of carbonyl (C=O) groups excluding carboxylic acids is 1. The summed E-state index contributed by atoms with van der Waals surface area (Å²) in [4.78, 5) is 12.8. The van der Waals surface area contributed by atoms with Crippen LogP contribution in [0.2, 0.25) is 0 Å². The van der Waals surface area contributed by atoms with Gasteiger partial charge >= 0.3 is 0 Å². The Balaban J connectivity index is 2.30. The van der Waals surface area contributed by atoms with Crippen molar-refractivity contribution in [3.05, 3.63) is 35.9 Å². The molecule has 1 saturated carbocycles. The van der Waals surface area contributed by atoms with Gasteiger partial charge in [-0.05, 0) is 12.8 Å². The molecule has 1 fully saturated rings. The highest BCUT2D eigenvalue weighted by atomic mass is 16.7. The third kappa shape index (κ3) is 2.72. The van der Waals surface area contributed by atoms with Crippen LogP contribution in [0.5, 0.6) is 0 Å². The molecule has 0 heterocycles. The maximum atomic E-state index is 12.8. The smallest absolute Gasteiger partial charge is 0.236 e. The first-order chi connectivity index (χ1) is 9.24. The topological polar surface area (TPSA) is 35.5 Å². The fourth-order valence-corrected chi connectivity index (χ4v) is 3.06. The highest BCUT2D eigenvalue weighted by Gasteiger charge is 2.46. The summed E-state index contributed by atoms with van der Waals surface area (Å²) in [6, 6.07) is 9.27. The van der Waals surface area contributed by atoms with Crippen LogP contribution in [0.1, 0.15) is 42.5 Å². The first kappa shape index (κ1) is 14.2. The fraction of sp³-hybridized carbons (Fsp3) is 0.562. The summed E-state index contributed by atoms with van der Waals surface area (Å²) in [7, 11) is 3.14. The van der Waals surface area contributed by atoms with E-state index in [0.717, 1.165) is 25.7 Å². The Morgan fingerprint density at radius 1 is 1.05 bits per heavy atom. The molecule has 104 valence electrons. The van der Waals surface area contributed by atoms with Gasteiger partial charge in [-0.2, -0.15) is 0 Å². The lowest BCUT2D eigenvalue weighted by Crippen LogP contribution is -2.50. The van der Waals surface area contributed by atoms with Crippen molar-refractivity contribution >= 4 is 5.78 Å². The van der Waals surface area contributed by atoms with Crippen molar-refractivity contribution in [1.82, 2.24) is 0 Å². The molecule has 0 radical (unpaired) electrons. The molecule has 0 unspecified atom stereocenters. The number of benzene rings is 1. The molecule has 0 aliphatic heterocycles. The van der Waals surface area contributed by atoms with Crippen molar-refractivity contribution < 1.29 is 14.3 Å².